The van der Waals surface area contributed by atoms with Gasteiger partial charge in [0.25, 0.3) is 0 Å². The Hall–Kier alpha value is -7.16. The summed E-state index contributed by atoms with van der Waals surface area (Å²) in [4.78, 5) is 5.13. The van der Waals surface area contributed by atoms with Gasteiger partial charge in [0, 0.05) is 44.3 Å². The first-order valence-electron chi connectivity index (χ1n) is 29.1. The van der Waals surface area contributed by atoms with E-state index in [4.69, 9.17) is 0 Å². The second kappa shape index (κ2) is 20.2. The third-order valence-electron chi connectivity index (χ3n) is 16.9. The van der Waals surface area contributed by atoms with Gasteiger partial charge in [-0.3, -0.25) is 0 Å². The van der Waals surface area contributed by atoms with Crippen LogP contribution < -0.4 is 9.80 Å². The maximum Gasteiger partial charge on any atom is 0.0618 e. The summed E-state index contributed by atoms with van der Waals surface area (Å²) < 4.78 is 0. The molecule has 0 radical (unpaired) electrons. The fraction of sp³-hybridized carbons (Fsp3) is 0.325. The lowest BCUT2D eigenvalue weighted by Crippen LogP contribution is -2.15. The minimum Gasteiger partial charge on any atom is -0.309 e. The maximum atomic E-state index is 2.57. The minimum absolute atomic E-state index is 0.110. The SMILES string of the molecule is Cc1ccc(N(c2ccc(C(C)C)cc2)c2c3ccc(C(C)(C)C)cc3c(-c3c4cc(C(C)(C)C)ccc4c(N(c4ccc(C)cc4)c4ccc(C(C)C)c(C)c4)c4cc(C(C)(C)C)ccc34)c3ccc(C(C)(C)C)cc23)cc1. The maximum absolute atomic E-state index is 2.57. The molecule has 0 bridgehead atoms. The highest BCUT2D eigenvalue weighted by atomic mass is 15.2. The molecule has 0 aromatic heterocycles. The molecule has 404 valence electrons. The van der Waals surface area contributed by atoms with Crippen molar-refractivity contribution < 1.29 is 0 Å². The smallest absolute Gasteiger partial charge is 0.0618 e. The Morgan fingerprint density at radius 2 is 0.608 bits per heavy atom. The monoisotopic (exact) mass is 1040 g/mol. The zero-order valence-corrected chi connectivity index (χ0v) is 51.1. The summed E-state index contributed by atoms with van der Waals surface area (Å²) in [7, 11) is 0. The predicted molar refractivity (Wildman–Crippen MR) is 348 cm³/mol. The number of benzene rings is 10. The Kier molecular flexibility index (Phi) is 14.1. The van der Waals surface area contributed by atoms with Crippen LogP contribution in [0.3, 0.4) is 0 Å². The number of aryl methyl sites for hydroxylation is 3. The highest BCUT2D eigenvalue weighted by molar-refractivity contribution is 6.31. The van der Waals surface area contributed by atoms with Crippen LogP contribution in [0.1, 0.15) is 173 Å². The standard InChI is InChI=1S/C77H86N2/c1-47(2)52-24-34-59(35-25-52)78(57-30-20-49(5)21-31-57)72-64-39-28-53(74(8,9)10)43-66(64)70(62-37-26-55(45-68(62)72)76(14,15)16)71-63-38-27-56(77(17,18)19)46-69(63)73(65-40-29-54(44-67(65)71)75(11,12)13)79(58-32-22-50(6)23-33-58)60-36-41-61(48(3)4)51(7)42-60/h20-48H,1-19H3. The van der Waals surface area contributed by atoms with Crippen molar-refractivity contribution in [3.8, 4) is 11.1 Å². The Balaban J connectivity index is 1.47. The van der Waals surface area contributed by atoms with E-state index in [1.165, 1.54) is 116 Å². The zero-order chi connectivity index (χ0) is 56.8. The second-order valence-electron chi connectivity index (χ2n) is 27.8. The van der Waals surface area contributed by atoms with Gasteiger partial charge in [-0.15, -0.1) is 0 Å². The van der Waals surface area contributed by atoms with Gasteiger partial charge in [0.2, 0.25) is 0 Å². The summed E-state index contributed by atoms with van der Waals surface area (Å²) in [6, 6.07) is 64.6. The normalized spacial score (nSPS) is 12.7. The van der Waals surface area contributed by atoms with Gasteiger partial charge in [0.1, 0.15) is 0 Å². The molecule has 0 amide bonds. The van der Waals surface area contributed by atoms with Gasteiger partial charge in [-0.2, -0.15) is 0 Å². The molecule has 0 aliphatic heterocycles. The number of hydrogen-bond acceptors (Lipinski definition) is 2. The average Bonchev–Trinajstić information content (AvgIpc) is 3.40. The van der Waals surface area contributed by atoms with E-state index in [0.717, 1.165) is 22.7 Å². The summed E-state index contributed by atoms with van der Waals surface area (Å²) in [5, 5.41) is 9.90. The molecule has 0 unspecified atom stereocenters. The lowest BCUT2D eigenvalue weighted by Gasteiger charge is -2.33. The summed E-state index contributed by atoms with van der Waals surface area (Å²) >= 11 is 0. The highest BCUT2D eigenvalue weighted by Crippen LogP contribution is 2.55. The van der Waals surface area contributed by atoms with Crippen molar-refractivity contribution in [1.82, 2.24) is 0 Å². The number of hydrogen-bond donors (Lipinski definition) is 0. The van der Waals surface area contributed by atoms with Crippen molar-refractivity contribution in [2.24, 2.45) is 0 Å². The second-order valence-corrected chi connectivity index (χ2v) is 27.8. The van der Waals surface area contributed by atoms with E-state index in [1.54, 1.807) is 0 Å². The highest BCUT2D eigenvalue weighted by Gasteiger charge is 2.31. The van der Waals surface area contributed by atoms with Gasteiger partial charge in [-0.1, -0.05) is 213 Å². The van der Waals surface area contributed by atoms with Crippen molar-refractivity contribution >= 4 is 77.2 Å². The largest absolute Gasteiger partial charge is 0.309 e. The number of rotatable bonds is 9. The molecule has 10 aromatic carbocycles. The Labute approximate surface area is 474 Å². The van der Waals surface area contributed by atoms with Crippen LogP contribution in [0.25, 0.3) is 54.2 Å². The van der Waals surface area contributed by atoms with Crippen LogP contribution in [0.5, 0.6) is 0 Å². The number of fused-ring (bicyclic) bond motifs is 4. The lowest BCUT2D eigenvalue weighted by molar-refractivity contribution is 0.590. The Bertz CT molecular complexity index is 3930. The summed E-state index contributed by atoms with van der Waals surface area (Å²) in [5.41, 5.74) is 20.8. The van der Waals surface area contributed by atoms with Crippen LogP contribution >= 0.6 is 0 Å². The average molecular weight is 1040 g/mol. The van der Waals surface area contributed by atoms with Crippen molar-refractivity contribution in [3.05, 3.63) is 214 Å². The van der Waals surface area contributed by atoms with Crippen LogP contribution in [0.4, 0.5) is 34.1 Å². The quantitative estimate of drug-likeness (QED) is 0.133. The van der Waals surface area contributed by atoms with Gasteiger partial charge in [0.15, 0.2) is 0 Å². The van der Waals surface area contributed by atoms with Crippen LogP contribution in [0.15, 0.2) is 164 Å². The van der Waals surface area contributed by atoms with Gasteiger partial charge in [-0.05, 0) is 199 Å². The molecule has 79 heavy (non-hydrogen) atoms. The third-order valence-corrected chi connectivity index (χ3v) is 16.9. The topological polar surface area (TPSA) is 6.48 Å². The molecule has 2 nitrogen and oxygen atoms in total. The van der Waals surface area contributed by atoms with E-state index in [0.29, 0.717) is 11.8 Å². The molecule has 0 N–H and O–H groups in total. The zero-order valence-electron chi connectivity index (χ0n) is 51.1. The van der Waals surface area contributed by atoms with Crippen molar-refractivity contribution in [3.63, 3.8) is 0 Å². The molecular weight excluding hydrogens is 953 g/mol. The summed E-state index contributed by atoms with van der Waals surface area (Å²) in [5.74, 6) is 0.831. The van der Waals surface area contributed by atoms with Crippen LogP contribution in [0.2, 0.25) is 0 Å². The van der Waals surface area contributed by atoms with Crippen molar-refractivity contribution in [1.29, 1.82) is 0 Å². The number of anilines is 6. The molecular formula is C77H86N2. The van der Waals surface area contributed by atoms with Gasteiger partial charge < -0.3 is 9.80 Å². The van der Waals surface area contributed by atoms with Gasteiger partial charge in [-0.25, -0.2) is 0 Å². The molecule has 0 atom stereocenters. The van der Waals surface area contributed by atoms with Crippen molar-refractivity contribution in [2.75, 3.05) is 9.80 Å². The fourth-order valence-corrected chi connectivity index (χ4v) is 12.0. The van der Waals surface area contributed by atoms with E-state index in [2.05, 4.69) is 305 Å². The first-order chi connectivity index (χ1) is 37.1. The van der Waals surface area contributed by atoms with Crippen LogP contribution in [-0.2, 0) is 21.7 Å². The summed E-state index contributed by atoms with van der Waals surface area (Å²) in [6.45, 7) is 44.1. The first kappa shape index (κ1) is 55.2. The lowest BCUT2D eigenvalue weighted by atomic mass is 9.78. The molecule has 0 heterocycles. The molecule has 0 aliphatic rings. The van der Waals surface area contributed by atoms with E-state index in [-0.39, 0.29) is 21.7 Å². The fourth-order valence-electron chi connectivity index (χ4n) is 12.0. The molecule has 0 spiro atoms. The van der Waals surface area contributed by atoms with E-state index in [1.807, 2.05) is 0 Å². The minimum atomic E-state index is -0.119. The van der Waals surface area contributed by atoms with E-state index >= 15 is 0 Å². The molecule has 10 aromatic rings. The molecule has 0 saturated heterocycles. The van der Waals surface area contributed by atoms with Crippen LogP contribution in [-0.4, -0.2) is 0 Å². The van der Waals surface area contributed by atoms with E-state index in [9.17, 15) is 0 Å². The van der Waals surface area contributed by atoms with Crippen LogP contribution in [0, 0.1) is 20.8 Å². The third kappa shape index (κ3) is 10.4. The Morgan fingerprint density at radius 1 is 0.291 bits per heavy atom. The van der Waals surface area contributed by atoms with Gasteiger partial charge >= 0.3 is 0 Å². The molecule has 0 saturated carbocycles. The first-order valence-corrected chi connectivity index (χ1v) is 29.1. The molecule has 2 heteroatoms. The summed E-state index contributed by atoms with van der Waals surface area (Å²) in [6.07, 6.45) is 0. The molecule has 10 rings (SSSR count). The van der Waals surface area contributed by atoms with Crippen molar-refractivity contribution in [2.45, 2.75) is 165 Å². The predicted octanol–water partition coefficient (Wildman–Crippen LogP) is 23.3. The molecule has 0 fully saturated rings. The number of nitrogens with zero attached hydrogens (tertiary/aromatic N) is 2. The van der Waals surface area contributed by atoms with Gasteiger partial charge in [0.05, 0.1) is 11.4 Å². The Morgan fingerprint density at radius 3 is 0.937 bits per heavy atom. The molecule has 0 aliphatic carbocycles. The van der Waals surface area contributed by atoms with E-state index < -0.39 is 0 Å².